The zero-order chi connectivity index (χ0) is 15.9. The second-order valence-corrected chi connectivity index (χ2v) is 7.97. The molecule has 7 nitrogen and oxygen atoms in total. The summed E-state index contributed by atoms with van der Waals surface area (Å²) in [6, 6.07) is 0. The SMILES string of the molecule is CC1=NNC2c3c(sc4c3CC(C)(C)OC4)-n3c(C)nnc3N12. The zero-order valence-electron chi connectivity index (χ0n) is 13.5. The Morgan fingerprint density at radius 2 is 2.13 bits per heavy atom. The molecule has 0 aromatic carbocycles. The van der Waals surface area contributed by atoms with Crippen molar-refractivity contribution in [2.24, 2.45) is 5.10 Å². The minimum absolute atomic E-state index is 0.00926. The van der Waals surface area contributed by atoms with Gasteiger partial charge in [-0.25, -0.2) is 0 Å². The van der Waals surface area contributed by atoms with Crippen LogP contribution in [0.5, 0.6) is 0 Å². The van der Waals surface area contributed by atoms with Gasteiger partial charge in [-0.1, -0.05) is 0 Å². The molecule has 0 saturated carbocycles. The summed E-state index contributed by atoms with van der Waals surface area (Å²) >= 11 is 1.79. The second kappa shape index (κ2) is 4.12. The fourth-order valence-corrected chi connectivity index (χ4v) is 4.97. The lowest BCUT2D eigenvalue weighted by Gasteiger charge is -2.34. The highest BCUT2D eigenvalue weighted by Crippen LogP contribution is 2.48. The number of anilines is 1. The van der Waals surface area contributed by atoms with Gasteiger partial charge in [0.15, 0.2) is 6.17 Å². The van der Waals surface area contributed by atoms with E-state index in [0.29, 0.717) is 6.61 Å². The number of fused-ring (bicyclic) bond motifs is 8. The molecule has 2 aromatic rings. The molecular weight excluding hydrogens is 312 g/mol. The Labute approximate surface area is 138 Å². The third kappa shape index (κ3) is 1.65. The van der Waals surface area contributed by atoms with Gasteiger partial charge in [0.2, 0.25) is 5.95 Å². The Kier molecular flexibility index (Phi) is 2.42. The van der Waals surface area contributed by atoms with Crippen molar-refractivity contribution in [2.45, 2.75) is 52.5 Å². The Bertz CT molecular complexity index is 864. The topological polar surface area (TPSA) is 67.6 Å². The van der Waals surface area contributed by atoms with E-state index < -0.39 is 0 Å². The molecule has 0 radical (unpaired) electrons. The first-order chi connectivity index (χ1) is 11.0. The molecule has 120 valence electrons. The lowest BCUT2D eigenvalue weighted by molar-refractivity contribution is -0.0385. The van der Waals surface area contributed by atoms with E-state index in [9.17, 15) is 0 Å². The summed E-state index contributed by atoms with van der Waals surface area (Å²) in [5.74, 6) is 2.66. The standard InChI is InChI=1S/C15H18N6OS/c1-7-16-18-12-11-9-5-15(3,4)22-6-10(9)23-13(11)21-8(2)17-19-14(21)20(7)12/h12,18H,5-6H2,1-4H3. The van der Waals surface area contributed by atoms with Gasteiger partial charge in [0.05, 0.1) is 12.2 Å². The molecule has 1 atom stereocenters. The molecule has 0 aliphatic carbocycles. The van der Waals surface area contributed by atoms with Crippen LogP contribution in [0.1, 0.15) is 48.8 Å². The minimum Gasteiger partial charge on any atom is -0.370 e. The maximum atomic E-state index is 6.01. The number of nitrogens with zero attached hydrogens (tertiary/aromatic N) is 5. The molecule has 1 N–H and O–H groups in total. The number of nitrogens with one attached hydrogen (secondary N) is 1. The Balaban J connectivity index is 1.79. The van der Waals surface area contributed by atoms with Crippen molar-refractivity contribution >= 4 is 23.1 Å². The molecule has 5 rings (SSSR count). The molecule has 1 unspecified atom stereocenters. The van der Waals surface area contributed by atoms with Crippen LogP contribution in [-0.2, 0) is 17.8 Å². The third-order valence-corrected chi connectivity index (χ3v) is 5.97. The molecular formula is C15H18N6OS. The van der Waals surface area contributed by atoms with E-state index in [2.05, 4.69) is 44.0 Å². The third-order valence-electron chi connectivity index (χ3n) is 4.76. The number of hydrazone groups is 1. The first kappa shape index (κ1) is 13.5. The average Bonchev–Trinajstić information content (AvgIpc) is 3.14. The number of hydrogen-bond acceptors (Lipinski definition) is 7. The van der Waals surface area contributed by atoms with Gasteiger partial charge in [0.25, 0.3) is 0 Å². The number of thiophene rings is 1. The van der Waals surface area contributed by atoms with Crippen LogP contribution in [0.15, 0.2) is 5.10 Å². The van der Waals surface area contributed by atoms with E-state index in [1.165, 1.54) is 21.0 Å². The number of amidine groups is 1. The van der Waals surface area contributed by atoms with Gasteiger partial charge < -0.3 is 4.74 Å². The first-order valence-electron chi connectivity index (χ1n) is 7.76. The second-order valence-electron chi connectivity index (χ2n) is 6.89. The summed E-state index contributed by atoms with van der Waals surface area (Å²) in [6.45, 7) is 8.97. The molecule has 0 fully saturated rings. The molecule has 0 saturated heterocycles. The van der Waals surface area contributed by atoms with Crippen LogP contribution in [0.3, 0.4) is 0 Å². The number of hydrogen-bond donors (Lipinski definition) is 1. The van der Waals surface area contributed by atoms with Crippen LogP contribution in [0.25, 0.3) is 5.00 Å². The van der Waals surface area contributed by atoms with Crippen molar-refractivity contribution in [1.82, 2.24) is 20.2 Å². The van der Waals surface area contributed by atoms with Crippen molar-refractivity contribution in [3.8, 4) is 5.00 Å². The van der Waals surface area contributed by atoms with Crippen LogP contribution in [0.2, 0.25) is 0 Å². The van der Waals surface area contributed by atoms with Crippen LogP contribution in [0, 0.1) is 6.92 Å². The van der Waals surface area contributed by atoms with Gasteiger partial charge in [-0.3, -0.25) is 14.9 Å². The number of rotatable bonds is 0. The normalized spacial score (nSPS) is 23.6. The van der Waals surface area contributed by atoms with E-state index in [-0.39, 0.29) is 11.8 Å². The summed E-state index contributed by atoms with van der Waals surface area (Å²) < 4.78 is 8.16. The summed E-state index contributed by atoms with van der Waals surface area (Å²) in [7, 11) is 0. The maximum absolute atomic E-state index is 6.01. The van der Waals surface area contributed by atoms with Gasteiger partial charge >= 0.3 is 0 Å². The predicted molar refractivity (Wildman–Crippen MR) is 88.0 cm³/mol. The molecule has 0 spiro atoms. The van der Waals surface area contributed by atoms with Gasteiger partial charge in [0.1, 0.15) is 16.7 Å². The largest absolute Gasteiger partial charge is 0.370 e. The molecule has 5 heterocycles. The first-order valence-corrected chi connectivity index (χ1v) is 8.58. The predicted octanol–water partition coefficient (Wildman–Crippen LogP) is 2.24. The van der Waals surface area contributed by atoms with E-state index in [1.807, 2.05) is 13.8 Å². The van der Waals surface area contributed by atoms with Crippen molar-refractivity contribution in [1.29, 1.82) is 0 Å². The summed E-state index contributed by atoms with van der Waals surface area (Å²) in [6.07, 6.45) is 0.922. The Morgan fingerprint density at radius 1 is 1.30 bits per heavy atom. The molecule has 0 amide bonds. The fourth-order valence-electron chi connectivity index (χ4n) is 3.66. The van der Waals surface area contributed by atoms with E-state index >= 15 is 0 Å². The maximum Gasteiger partial charge on any atom is 0.240 e. The summed E-state index contributed by atoms with van der Waals surface area (Å²) in [5.41, 5.74) is 5.84. The highest BCUT2D eigenvalue weighted by molar-refractivity contribution is 7.15. The van der Waals surface area contributed by atoms with Crippen molar-refractivity contribution in [3.05, 3.63) is 21.8 Å². The van der Waals surface area contributed by atoms with Crippen LogP contribution < -0.4 is 10.3 Å². The van der Waals surface area contributed by atoms with Gasteiger partial charge in [-0.15, -0.1) is 21.5 Å². The molecule has 0 bridgehead atoms. The minimum atomic E-state index is -0.135. The molecule has 3 aliphatic rings. The fraction of sp³-hybridized carbons (Fsp3) is 0.533. The number of ether oxygens (including phenoxy) is 1. The summed E-state index contributed by atoms with van der Waals surface area (Å²) in [5, 5.41) is 14.3. The van der Waals surface area contributed by atoms with Gasteiger partial charge in [-0.05, 0) is 33.3 Å². The zero-order valence-corrected chi connectivity index (χ0v) is 14.4. The van der Waals surface area contributed by atoms with Crippen molar-refractivity contribution in [2.75, 3.05) is 4.90 Å². The van der Waals surface area contributed by atoms with Crippen molar-refractivity contribution < 1.29 is 4.74 Å². The molecule has 8 heteroatoms. The van der Waals surface area contributed by atoms with Gasteiger partial charge in [0, 0.05) is 16.9 Å². The highest BCUT2D eigenvalue weighted by Gasteiger charge is 2.44. The smallest absolute Gasteiger partial charge is 0.240 e. The molecule has 3 aliphatic heterocycles. The summed E-state index contributed by atoms with van der Waals surface area (Å²) in [4.78, 5) is 3.44. The lowest BCUT2D eigenvalue weighted by Crippen LogP contribution is -2.39. The highest BCUT2D eigenvalue weighted by atomic mass is 32.1. The van der Waals surface area contributed by atoms with E-state index in [0.717, 1.165) is 24.0 Å². The quantitative estimate of drug-likeness (QED) is 0.802. The average molecular weight is 330 g/mol. The van der Waals surface area contributed by atoms with Gasteiger partial charge in [-0.2, -0.15) is 5.10 Å². The lowest BCUT2D eigenvalue weighted by atomic mass is 9.91. The van der Waals surface area contributed by atoms with Crippen LogP contribution >= 0.6 is 11.3 Å². The van der Waals surface area contributed by atoms with E-state index in [4.69, 9.17) is 4.74 Å². The number of aryl methyl sites for hydroxylation is 1. The van der Waals surface area contributed by atoms with Crippen LogP contribution in [0.4, 0.5) is 5.95 Å². The molecule has 2 aromatic heterocycles. The van der Waals surface area contributed by atoms with E-state index in [1.54, 1.807) is 11.3 Å². The monoisotopic (exact) mass is 330 g/mol. The van der Waals surface area contributed by atoms with Crippen molar-refractivity contribution in [3.63, 3.8) is 0 Å². The Hall–Kier alpha value is -1.93. The Morgan fingerprint density at radius 3 is 2.96 bits per heavy atom. The number of aromatic nitrogens is 3. The van der Waals surface area contributed by atoms with Crippen LogP contribution in [-0.4, -0.2) is 26.2 Å². The molecule has 23 heavy (non-hydrogen) atoms.